The third kappa shape index (κ3) is 5.06. The molecule has 0 saturated carbocycles. The van der Waals surface area contributed by atoms with E-state index in [1.807, 2.05) is 22.9 Å². The number of carbonyl (C=O) groups is 1. The van der Waals surface area contributed by atoms with Gasteiger partial charge in [0.05, 0.1) is 23.7 Å². The van der Waals surface area contributed by atoms with Crippen LogP contribution >= 0.6 is 23.7 Å². The SMILES string of the molecule is COc1ccc(C(=O)N(CCCn2ccnc2)c2nc3cc(C)cc(C)c3s2)cc1.Cl. The lowest BCUT2D eigenvalue weighted by Gasteiger charge is -2.20. The van der Waals surface area contributed by atoms with Gasteiger partial charge in [-0.1, -0.05) is 17.4 Å². The fraction of sp³-hybridized carbons (Fsp3) is 0.261. The van der Waals surface area contributed by atoms with Crippen LogP contribution in [0.1, 0.15) is 27.9 Å². The molecule has 4 rings (SSSR count). The first kappa shape index (κ1) is 22.8. The number of halogens is 1. The number of amides is 1. The van der Waals surface area contributed by atoms with Crippen molar-refractivity contribution in [1.82, 2.24) is 14.5 Å². The Balaban J connectivity index is 0.00000272. The van der Waals surface area contributed by atoms with Gasteiger partial charge in [0.15, 0.2) is 5.13 Å². The highest BCUT2D eigenvalue weighted by Gasteiger charge is 2.22. The Labute approximate surface area is 191 Å². The summed E-state index contributed by atoms with van der Waals surface area (Å²) in [5.41, 5.74) is 3.91. The van der Waals surface area contributed by atoms with Crippen molar-refractivity contribution < 1.29 is 9.53 Å². The second kappa shape index (κ2) is 9.94. The number of nitrogens with zero attached hydrogens (tertiary/aromatic N) is 4. The minimum Gasteiger partial charge on any atom is -0.497 e. The van der Waals surface area contributed by atoms with E-state index in [0.29, 0.717) is 12.1 Å². The molecule has 31 heavy (non-hydrogen) atoms. The topological polar surface area (TPSA) is 60.2 Å². The summed E-state index contributed by atoms with van der Waals surface area (Å²) in [4.78, 5) is 24.1. The van der Waals surface area contributed by atoms with Crippen molar-refractivity contribution in [3.63, 3.8) is 0 Å². The third-order valence-electron chi connectivity index (χ3n) is 4.98. The van der Waals surface area contributed by atoms with Gasteiger partial charge in [0.25, 0.3) is 5.91 Å². The first-order valence-corrected chi connectivity index (χ1v) is 10.7. The highest BCUT2D eigenvalue weighted by atomic mass is 35.5. The molecule has 2 aromatic carbocycles. The van der Waals surface area contributed by atoms with Crippen molar-refractivity contribution >= 4 is 45.0 Å². The molecule has 4 aromatic rings. The molecule has 2 aromatic heterocycles. The molecular weight excluding hydrogens is 432 g/mol. The normalized spacial score (nSPS) is 10.7. The van der Waals surface area contributed by atoms with Crippen LogP contribution in [-0.2, 0) is 6.54 Å². The molecule has 0 aliphatic heterocycles. The summed E-state index contributed by atoms with van der Waals surface area (Å²) in [6, 6.07) is 11.4. The quantitative estimate of drug-likeness (QED) is 0.379. The van der Waals surface area contributed by atoms with E-state index >= 15 is 0 Å². The lowest BCUT2D eigenvalue weighted by Crippen LogP contribution is -2.32. The number of imidazole rings is 1. The molecule has 0 aliphatic rings. The zero-order valence-corrected chi connectivity index (χ0v) is 19.4. The molecule has 8 heteroatoms. The highest BCUT2D eigenvalue weighted by Crippen LogP contribution is 2.33. The Morgan fingerprint density at radius 2 is 1.97 bits per heavy atom. The van der Waals surface area contributed by atoms with Gasteiger partial charge in [-0.15, -0.1) is 12.4 Å². The number of benzene rings is 2. The number of ether oxygens (including phenoxy) is 1. The molecule has 162 valence electrons. The number of aryl methyl sites for hydroxylation is 3. The van der Waals surface area contributed by atoms with Crippen molar-refractivity contribution in [2.75, 3.05) is 18.6 Å². The summed E-state index contributed by atoms with van der Waals surface area (Å²) in [6.07, 6.45) is 6.28. The van der Waals surface area contributed by atoms with Crippen molar-refractivity contribution in [3.05, 3.63) is 71.8 Å². The number of aromatic nitrogens is 3. The van der Waals surface area contributed by atoms with Crippen LogP contribution in [0.4, 0.5) is 5.13 Å². The number of rotatable bonds is 7. The zero-order valence-electron chi connectivity index (χ0n) is 17.7. The van der Waals surface area contributed by atoms with Gasteiger partial charge in [0, 0.05) is 31.0 Å². The van der Waals surface area contributed by atoms with Gasteiger partial charge in [-0.2, -0.15) is 0 Å². The van der Waals surface area contributed by atoms with Crippen LogP contribution in [0.2, 0.25) is 0 Å². The van der Waals surface area contributed by atoms with Gasteiger partial charge in [-0.25, -0.2) is 9.97 Å². The van der Waals surface area contributed by atoms with Crippen LogP contribution in [-0.4, -0.2) is 34.1 Å². The Morgan fingerprint density at radius 1 is 1.19 bits per heavy atom. The maximum Gasteiger partial charge on any atom is 0.260 e. The van der Waals surface area contributed by atoms with Gasteiger partial charge < -0.3 is 9.30 Å². The Kier molecular flexibility index (Phi) is 7.30. The second-order valence-electron chi connectivity index (χ2n) is 7.27. The first-order valence-electron chi connectivity index (χ1n) is 9.84. The average molecular weight is 457 g/mol. The van der Waals surface area contributed by atoms with Crippen LogP contribution in [0.3, 0.4) is 0 Å². The van der Waals surface area contributed by atoms with Crippen molar-refractivity contribution in [2.24, 2.45) is 0 Å². The Hall–Kier alpha value is -2.90. The fourth-order valence-corrected chi connectivity index (χ4v) is 4.52. The summed E-state index contributed by atoms with van der Waals surface area (Å²) < 4.78 is 8.36. The van der Waals surface area contributed by atoms with Gasteiger partial charge in [-0.3, -0.25) is 9.69 Å². The molecule has 0 fully saturated rings. The molecule has 6 nitrogen and oxygen atoms in total. The smallest absolute Gasteiger partial charge is 0.260 e. The number of hydrogen-bond donors (Lipinski definition) is 0. The van der Waals surface area contributed by atoms with Crippen LogP contribution in [0.25, 0.3) is 10.2 Å². The van der Waals surface area contributed by atoms with Crippen molar-refractivity contribution in [1.29, 1.82) is 0 Å². The Morgan fingerprint density at radius 3 is 2.65 bits per heavy atom. The number of methoxy groups -OCH3 is 1. The van der Waals surface area contributed by atoms with E-state index in [9.17, 15) is 4.79 Å². The van der Waals surface area contributed by atoms with Gasteiger partial charge >= 0.3 is 0 Å². The lowest BCUT2D eigenvalue weighted by atomic mass is 10.1. The monoisotopic (exact) mass is 456 g/mol. The maximum atomic E-state index is 13.4. The van der Waals surface area contributed by atoms with Gasteiger partial charge in [0.2, 0.25) is 0 Å². The third-order valence-corrected chi connectivity index (χ3v) is 6.21. The molecule has 0 aliphatic carbocycles. The lowest BCUT2D eigenvalue weighted by molar-refractivity contribution is 0.0986. The number of carbonyl (C=O) groups excluding carboxylic acids is 1. The van der Waals surface area contributed by atoms with E-state index in [4.69, 9.17) is 9.72 Å². The predicted molar refractivity (Wildman–Crippen MR) is 128 cm³/mol. The van der Waals surface area contributed by atoms with E-state index in [0.717, 1.165) is 34.1 Å². The summed E-state index contributed by atoms with van der Waals surface area (Å²) in [7, 11) is 1.62. The van der Waals surface area contributed by atoms with E-state index in [1.165, 1.54) is 11.1 Å². The number of fused-ring (bicyclic) bond motifs is 1. The molecule has 0 radical (unpaired) electrons. The first-order chi connectivity index (χ1) is 14.5. The minimum atomic E-state index is -0.0586. The van der Waals surface area contributed by atoms with E-state index in [2.05, 4.69) is 31.0 Å². The maximum absolute atomic E-state index is 13.4. The molecular formula is C23H25ClN4O2S. The Bertz CT molecular complexity index is 1160. The predicted octanol–water partition coefficient (Wildman–Crippen LogP) is 5.28. The minimum absolute atomic E-state index is 0. The van der Waals surface area contributed by atoms with Crippen LogP contribution in [0.15, 0.2) is 55.1 Å². The molecule has 0 spiro atoms. The number of anilines is 1. The largest absolute Gasteiger partial charge is 0.497 e. The van der Waals surface area contributed by atoms with Gasteiger partial charge in [0.1, 0.15) is 5.75 Å². The van der Waals surface area contributed by atoms with Crippen molar-refractivity contribution in [3.8, 4) is 5.75 Å². The van der Waals surface area contributed by atoms with Crippen LogP contribution in [0, 0.1) is 13.8 Å². The average Bonchev–Trinajstić information content (AvgIpc) is 3.41. The number of thiazole rings is 1. The van der Waals surface area contributed by atoms with E-state index in [-0.39, 0.29) is 18.3 Å². The van der Waals surface area contributed by atoms with Crippen molar-refractivity contribution in [2.45, 2.75) is 26.8 Å². The molecule has 0 atom stereocenters. The second-order valence-corrected chi connectivity index (χ2v) is 8.24. The summed E-state index contributed by atoms with van der Waals surface area (Å²) in [5, 5.41) is 0.727. The molecule has 0 bridgehead atoms. The van der Waals surface area contributed by atoms with Crippen LogP contribution < -0.4 is 9.64 Å². The highest BCUT2D eigenvalue weighted by molar-refractivity contribution is 7.22. The fourth-order valence-electron chi connectivity index (χ4n) is 3.48. The molecule has 0 unspecified atom stereocenters. The molecule has 0 saturated heterocycles. The van der Waals surface area contributed by atoms with E-state index in [1.54, 1.807) is 48.0 Å². The standard InChI is InChI=1S/C23H24N4O2S.ClH/c1-16-13-17(2)21-20(14-16)25-23(30-21)27(11-4-10-26-12-9-24-15-26)22(28)18-5-7-19(29-3)8-6-18;/h5-9,12-15H,4,10-11H2,1-3H3;1H. The summed E-state index contributed by atoms with van der Waals surface area (Å²) in [6.45, 7) is 5.51. The van der Waals surface area contributed by atoms with E-state index < -0.39 is 0 Å². The van der Waals surface area contributed by atoms with Gasteiger partial charge in [-0.05, 0) is 61.7 Å². The molecule has 1 amide bonds. The molecule has 0 N–H and O–H groups in total. The molecule has 2 heterocycles. The summed E-state index contributed by atoms with van der Waals surface area (Å²) >= 11 is 1.57. The zero-order chi connectivity index (χ0) is 21.1. The number of hydrogen-bond acceptors (Lipinski definition) is 5. The van der Waals surface area contributed by atoms with Crippen LogP contribution in [0.5, 0.6) is 5.75 Å². The summed E-state index contributed by atoms with van der Waals surface area (Å²) in [5.74, 6) is 0.668.